The molecule has 0 aliphatic rings. The van der Waals surface area contributed by atoms with Crippen LogP contribution in [0, 0.1) is 20.8 Å². The third-order valence-electron chi connectivity index (χ3n) is 3.44. The molecule has 2 rings (SSSR count). The molecule has 0 saturated heterocycles. The highest BCUT2D eigenvalue weighted by Gasteiger charge is 2.18. The number of aromatic hydroxyl groups is 3. The van der Waals surface area contributed by atoms with Gasteiger partial charge in [-0.25, -0.2) is 0 Å². The first-order valence-electron chi connectivity index (χ1n) is 5.74. The summed E-state index contributed by atoms with van der Waals surface area (Å²) in [5.41, 5.74) is 3.31. The number of phenols is 3. The summed E-state index contributed by atoms with van der Waals surface area (Å²) in [6, 6.07) is 6.48. The molecule has 0 aliphatic carbocycles. The Kier molecular flexibility index (Phi) is 2.91. The van der Waals surface area contributed by atoms with Gasteiger partial charge >= 0.3 is 0 Å². The molecule has 0 bridgehead atoms. The fraction of sp³-hybridized carbons (Fsp3) is 0.200. The van der Waals surface area contributed by atoms with Crippen molar-refractivity contribution in [2.75, 3.05) is 0 Å². The van der Waals surface area contributed by atoms with Crippen molar-refractivity contribution in [3.63, 3.8) is 0 Å². The van der Waals surface area contributed by atoms with E-state index in [0.717, 1.165) is 16.7 Å². The van der Waals surface area contributed by atoms with Gasteiger partial charge in [-0.2, -0.15) is 0 Å². The SMILES string of the molecule is Cc1c(C)c(O)c(-c2cccc(O)c2)c(O)c1C. The largest absolute Gasteiger partial charge is 0.508 e. The van der Waals surface area contributed by atoms with Crippen molar-refractivity contribution in [1.29, 1.82) is 0 Å². The molecule has 0 fully saturated rings. The van der Waals surface area contributed by atoms with E-state index in [9.17, 15) is 15.3 Å². The minimum absolute atomic E-state index is 0.0567. The molecule has 0 radical (unpaired) electrons. The summed E-state index contributed by atoms with van der Waals surface area (Å²) < 4.78 is 0. The summed E-state index contributed by atoms with van der Waals surface area (Å²) in [4.78, 5) is 0. The lowest BCUT2D eigenvalue weighted by atomic mass is 9.93. The van der Waals surface area contributed by atoms with Gasteiger partial charge in [0, 0.05) is 0 Å². The van der Waals surface area contributed by atoms with E-state index in [1.807, 2.05) is 20.8 Å². The van der Waals surface area contributed by atoms with Crippen LogP contribution in [0.5, 0.6) is 17.2 Å². The third kappa shape index (κ3) is 1.78. The Balaban J connectivity index is 2.80. The standard InChI is InChI=1S/C15H16O3/c1-8-9(2)14(17)13(15(18)10(8)3)11-5-4-6-12(16)7-11/h4-7,16-18H,1-3H3. The Morgan fingerprint density at radius 3 is 1.83 bits per heavy atom. The van der Waals surface area contributed by atoms with Gasteiger partial charge in [-0.3, -0.25) is 0 Å². The van der Waals surface area contributed by atoms with Crippen LogP contribution in [0.15, 0.2) is 24.3 Å². The zero-order valence-corrected chi connectivity index (χ0v) is 10.7. The summed E-state index contributed by atoms with van der Waals surface area (Å²) in [5, 5.41) is 29.9. The highest BCUT2D eigenvalue weighted by Crippen LogP contribution is 2.44. The van der Waals surface area contributed by atoms with E-state index >= 15 is 0 Å². The summed E-state index contributed by atoms with van der Waals surface area (Å²) in [6.45, 7) is 5.48. The van der Waals surface area contributed by atoms with Gasteiger partial charge < -0.3 is 15.3 Å². The Morgan fingerprint density at radius 1 is 0.778 bits per heavy atom. The van der Waals surface area contributed by atoms with Gasteiger partial charge in [0.25, 0.3) is 0 Å². The average molecular weight is 244 g/mol. The third-order valence-corrected chi connectivity index (χ3v) is 3.44. The van der Waals surface area contributed by atoms with Gasteiger partial charge in [0.1, 0.15) is 17.2 Å². The molecule has 0 spiro atoms. The molecule has 0 atom stereocenters. The van der Waals surface area contributed by atoms with E-state index in [0.29, 0.717) is 11.1 Å². The van der Waals surface area contributed by atoms with Gasteiger partial charge in [0.2, 0.25) is 0 Å². The van der Waals surface area contributed by atoms with Gasteiger partial charge in [0.15, 0.2) is 0 Å². The molecule has 3 nitrogen and oxygen atoms in total. The second-order valence-electron chi connectivity index (χ2n) is 4.50. The van der Waals surface area contributed by atoms with Crippen LogP contribution in [0.4, 0.5) is 0 Å². The Hall–Kier alpha value is -2.16. The molecule has 3 N–H and O–H groups in total. The van der Waals surface area contributed by atoms with Gasteiger partial charge in [-0.1, -0.05) is 12.1 Å². The van der Waals surface area contributed by atoms with Crippen LogP contribution < -0.4 is 0 Å². The summed E-state index contributed by atoms with van der Waals surface area (Å²) in [5.74, 6) is 0.213. The molecule has 18 heavy (non-hydrogen) atoms. The lowest BCUT2D eigenvalue weighted by Crippen LogP contribution is -1.92. The maximum absolute atomic E-state index is 10.2. The van der Waals surface area contributed by atoms with Crippen LogP contribution in [0.1, 0.15) is 16.7 Å². The van der Waals surface area contributed by atoms with Gasteiger partial charge in [-0.15, -0.1) is 0 Å². The predicted molar refractivity (Wildman–Crippen MR) is 71.1 cm³/mol. The fourth-order valence-corrected chi connectivity index (χ4v) is 2.06. The van der Waals surface area contributed by atoms with Crippen LogP contribution in [0.2, 0.25) is 0 Å². The summed E-state index contributed by atoms with van der Waals surface area (Å²) in [7, 11) is 0. The van der Waals surface area contributed by atoms with Crippen molar-refractivity contribution in [2.45, 2.75) is 20.8 Å². The zero-order chi connectivity index (χ0) is 13.4. The van der Waals surface area contributed by atoms with Crippen molar-refractivity contribution in [1.82, 2.24) is 0 Å². The van der Waals surface area contributed by atoms with Gasteiger partial charge in [-0.05, 0) is 55.2 Å². The first-order valence-corrected chi connectivity index (χ1v) is 5.74. The minimum Gasteiger partial charge on any atom is -0.508 e. The number of phenolic OH excluding ortho intramolecular Hbond substituents is 3. The number of hydrogen-bond acceptors (Lipinski definition) is 3. The Labute approximate surface area is 106 Å². The van der Waals surface area contributed by atoms with Crippen molar-refractivity contribution in [3.05, 3.63) is 41.0 Å². The van der Waals surface area contributed by atoms with E-state index < -0.39 is 0 Å². The van der Waals surface area contributed by atoms with Crippen molar-refractivity contribution in [3.8, 4) is 28.4 Å². The quantitative estimate of drug-likeness (QED) is 0.720. The lowest BCUT2D eigenvalue weighted by Gasteiger charge is -2.16. The summed E-state index contributed by atoms with van der Waals surface area (Å²) >= 11 is 0. The van der Waals surface area contributed by atoms with E-state index in [1.54, 1.807) is 18.2 Å². The second-order valence-corrected chi connectivity index (χ2v) is 4.50. The van der Waals surface area contributed by atoms with Crippen molar-refractivity contribution >= 4 is 0 Å². The van der Waals surface area contributed by atoms with Crippen LogP contribution in [-0.4, -0.2) is 15.3 Å². The molecule has 0 aliphatic heterocycles. The molecule has 0 aromatic heterocycles. The number of rotatable bonds is 1. The predicted octanol–water partition coefficient (Wildman–Crippen LogP) is 3.40. The molecule has 0 heterocycles. The number of hydrogen-bond donors (Lipinski definition) is 3. The highest BCUT2D eigenvalue weighted by molar-refractivity contribution is 5.81. The van der Waals surface area contributed by atoms with Crippen molar-refractivity contribution < 1.29 is 15.3 Å². The lowest BCUT2D eigenvalue weighted by molar-refractivity contribution is 0.447. The topological polar surface area (TPSA) is 60.7 Å². The maximum Gasteiger partial charge on any atom is 0.130 e. The molecule has 2 aromatic carbocycles. The van der Waals surface area contributed by atoms with Crippen LogP contribution >= 0.6 is 0 Å². The zero-order valence-electron chi connectivity index (χ0n) is 10.7. The maximum atomic E-state index is 10.2. The Bertz CT molecular complexity index is 586. The molecular weight excluding hydrogens is 228 g/mol. The summed E-state index contributed by atoms with van der Waals surface area (Å²) in [6.07, 6.45) is 0. The molecule has 2 aromatic rings. The van der Waals surface area contributed by atoms with Crippen LogP contribution in [0.3, 0.4) is 0 Å². The molecule has 3 heteroatoms. The van der Waals surface area contributed by atoms with E-state index in [2.05, 4.69) is 0 Å². The minimum atomic E-state index is 0.0567. The first-order chi connectivity index (χ1) is 8.43. The molecule has 0 unspecified atom stereocenters. The highest BCUT2D eigenvalue weighted by atomic mass is 16.3. The fourth-order valence-electron chi connectivity index (χ4n) is 2.06. The number of benzene rings is 2. The smallest absolute Gasteiger partial charge is 0.130 e. The first kappa shape index (κ1) is 12.3. The van der Waals surface area contributed by atoms with Crippen LogP contribution in [0.25, 0.3) is 11.1 Å². The molecular formula is C15H16O3. The van der Waals surface area contributed by atoms with Crippen molar-refractivity contribution in [2.24, 2.45) is 0 Å². The molecule has 0 amide bonds. The molecule has 0 saturated carbocycles. The molecule has 94 valence electrons. The van der Waals surface area contributed by atoms with E-state index in [1.165, 1.54) is 6.07 Å². The average Bonchev–Trinajstić information content (AvgIpc) is 2.34. The monoisotopic (exact) mass is 244 g/mol. The van der Waals surface area contributed by atoms with Crippen LogP contribution in [-0.2, 0) is 0 Å². The van der Waals surface area contributed by atoms with Gasteiger partial charge in [0.05, 0.1) is 5.56 Å². The van der Waals surface area contributed by atoms with E-state index in [-0.39, 0.29) is 17.2 Å². The second kappa shape index (κ2) is 4.26. The Morgan fingerprint density at radius 2 is 1.33 bits per heavy atom. The van der Waals surface area contributed by atoms with E-state index in [4.69, 9.17) is 0 Å². The normalized spacial score (nSPS) is 10.6.